The van der Waals surface area contributed by atoms with Crippen LogP contribution < -0.4 is 26.2 Å². The molecule has 0 saturated carbocycles. The zero-order valence-electron chi connectivity index (χ0n) is 35.8. The number of aryl methyl sites for hydroxylation is 1. The van der Waals surface area contributed by atoms with E-state index in [9.17, 15) is 14.4 Å². The number of hydrogen-bond donors (Lipinski definition) is 4. The predicted molar refractivity (Wildman–Crippen MR) is 272 cm³/mol. The van der Waals surface area contributed by atoms with Gasteiger partial charge in [0.05, 0.1) is 42.1 Å². The van der Waals surface area contributed by atoms with Crippen molar-refractivity contribution in [2.75, 3.05) is 16.0 Å². The fourth-order valence-electron chi connectivity index (χ4n) is 7.13. The van der Waals surface area contributed by atoms with Gasteiger partial charge >= 0.3 is 0 Å². The molecule has 16 heteroatoms. The molecule has 342 valence electrons. The van der Waals surface area contributed by atoms with Crippen LogP contribution in [0.15, 0.2) is 112 Å². The lowest BCUT2D eigenvalue weighted by Gasteiger charge is -2.21. The van der Waals surface area contributed by atoms with Gasteiger partial charge in [0.1, 0.15) is 22.2 Å². The fourth-order valence-corrected chi connectivity index (χ4v) is 9.83. The Hall–Kier alpha value is -4.26. The summed E-state index contributed by atoms with van der Waals surface area (Å²) in [5, 5.41) is 13.4. The smallest absolute Gasteiger partial charge is 0.287 e. The molecule has 1 unspecified atom stereocenters. The van der Waals surface area contributed by atoms with Gasteiger partial charge < -0.3 is 20.7 Å². The molecule has 0 aliphatic heterocycles. The van der Waals surface area contributed by atoms with Crippen molar-refractivity contribution >= 4 is 116 Å². The molecule has 65 heavy (non-hydrogen) atoms. The van der Waals surface area contributed by atoms with E-state index >= 15 is 0 Å². The highest BCUT2D eigenvalue weighted by atomic mass is 35.5. The first-order valence-electron chi connectivity index (χ1n) is 21.5. The normalized spacial score (nSPS) is 11.6. The molecule has 5 aromatic carbocycles. The molecular weight excluding hydrogens is 967 g/mol. The number of nitrogens with zero attached hydrogens (tertiary/aromatic N) is 1. The van der Waals surface area contributed by atoms with Gasteiger partial charge in [0.25, 0.3) is 17.4 Å². The first kappa shape index (κ1) is 50.2. The van der Waals surface area contributed by atoms with E-state index < -0.39 is 17.6 Å². The summed E-state index contributed by atoms with van der Waals surface area (Å²) >= 11 is 40.0. The lowest BCUT2D eigenvalue weighted by molar-refractivity contribution is -0.123. The number of carbonyl (C=O) groups is 2. The number of aromatic amines is 1. The van der Waals surface area contributed by atoms with Crippen LogP contribution in [0.5, 0.6) is 5.75 Å². The van der Waals surface area contributed by atoms with Gasteiger partial charge in [0.15, 0.2) is 6.10 Å². The molecule has 1 aromatic heterocycles. The number of halogens is 6. The minimum atomic E-state index is -0.775. The summed E-state index contributed by atoms with van der Waals surface area (Å²) in [5.41, 5.74) is 1.80. The summed E-state index contributed by atoms with van der Waals surface area (Å²) in [5.74, 6) is -0.0131. The number of unbranched alkanes of at least 4 members (excludes halogenated alkanes) is 9. The average Bonchev–Trinajstić information content (AvgIpc) is 3.55. The molecule has 0 fully saturated rings. The molecule has 0 bridgehead atoms. The van der Waals surface area contributed by atoms with Crippen molar-refractivity contribution in [3.05, 3.63) is 149 Å². The van der Waals surface area contributed by atoms with Crippen LogP contribution in [0.25, 0.3) is 5.69 Å². The number of rotatable bonds is 22. The predicted octanol–water partition coefficient (Wildman–Crippen LogP) is 16.2. The number of anilines is 4. The van der Waals surface area contributed by atoms with Crippen molar-refractivity contribution in [2.45, 2.75) is 100 Å². The number of nitrogens with one attached hydrogen (secondary N) is 4. The Bertz CT molecular complexity index is 2630. The lowest BCUT2D eigenvalue weighted by Crippen LogP contribution is -2.33. The van der Waals surface area contributed by atoms with E-state index in [1.807, 2.05) is 37.3 Å². The Morgan fingerprint density at radius 3 is 2.00 bits per heavy atom. The summed E-state index contributed by atoms with van der Waals surface area (Å²) in [7, 11) is 0. The SMILES string of the molecule is CCCCCCCCCCCCC(Oc1ccccc1C)C(=O)Nc1ccccc1Sc1c(Nc2cc(NC(=O)c3c(Cl)cccc3Cl)ccc2Cl)[nH]n(-c2c(Cl)cc(Cl)cc2Cl)c1=O. The molecule has 0 saturated heterocycles. The highest BCUT2D eigenvalue weighted by molar-refractivity contribution is 7.99. The maximum atomic E-state index is 14.5. The van der Waals surface area contributed by atoms with Crippen molar-refractivity contribution in [2.24, 2.45) is 0 Å². The van der Waals surface area contributed by atoms with E-state index in [2.05, 4.69) is 28.0 Å². The Balaban J connectivity index is 1.27. The van der Waals surface area contributed by atoms with E-state index in [0.29, 0.717) is 34.1 Å². The van der Waals surface area contributed by atoms with Crippen LogP contribution in [0.2, 0.25) is 30.1 Å². The zero-order chi connectivity index (χ0) is 46.5. The monoisotopic (exact) mass is 1010 g/mol. The van der Waals surface area contributed by atoms with Gasteiger partial charge in [0, 0.05) is 15.6 Å². The minimum Gasteiger partial charge on any atom is -0.480 e. The molecule has 1 heterocycles. The molecule has 9 nitrogen and oxygen atoms in total. The van der Waals surface area contributed by atoms with Crippen LogP contribution in [0.1, 0.15) is 93.5 Å². The van der Waals surface area contributed by atoms with Crippen molar-refractivity contribution in [1.29, 1.82) is 0 Å². The maximum Gasteiger partial charge on any atom is 0.287 e. The molecular formula is C49H49Cl6N5O4S. The molecule has 0 spiro atoms. The molecule has 0 aliphatic carbocycles. The van der Waals surface area contributed by atoms with E-state index in [-0.39, 0.29) is 58.0 Å². The third-order valence-corrected chi connectivity index (χ3v) is 13.5. The van der Waals surface area contributed by atoms with Crippen molar-refractivity contribution in [3.63, 3.8) is 0 Å². The first-order valence-corrected chi connectivity index (χ1v) is 24.5. The topological polar surface area (TPSA) is 117 Å². The van der Waals surface area contributed by atoms with Crippen LogP contribution in [-0.2, 0) is 4.79 Å². The van der Waals surface area contributed by atoms with Crippen molar-refractivity contribution < 1.29 is 14.3 Å². The summed E-state index contributed by atoms with van der Waals surface area (Å²) in [4.78, 5) is 42.8. The van der Waals surface area contributed by atoms with Gasteiger partial charge in [-0.3, -0.25) is 19.5 Å². The summed E-state index contributed by atoms with van der Waals surface area (Å²) in [6.07, 6.45) is 11.5. The van der Waals surface area contributed by atoms with Gasteiger partial charge in [-0.15, -0.1) is 0 Å². The second-order valence-corrected chi connectivity index (χ2v) is 19.0. The summed E-state index contributed by atoms with van der Waals surface area (Å²) in [6, 6.07) is 27.3. The summed E-state index contributed by atoms with van der Waals surface area (Å²) in [6.45, 7) is 4.18. The maximum absolute atomic E-state index is 14.5. The van der Waals surface area contributed by atoms with Crippen LogP contribution in [0.3, 0.4) is 0 Å². The number of aromatic nitrogens is 2. The number of carbonyl (C=O) groups excluding carboxylic acids is 2. The number of benzene rings is 5. The van der Waals surface area contributed by atoms with Crippen LogP contribution >= 0.6 is 81.4 Å². The van der Waals surface area contributed by atoms with Gasteiger partial charge in [-0.1, -0.05) is 182 Å². The van der Waals surface area contributed by atoms with Crippen LogP contribution in [0.4, 0.5) is 22.9 Å². The van der Waals surface area contributed by atoms with Gasteiger partial charge in [-0.25, -0.2) is 4.68 Å². The van der Waals surface area contributed by atoms with E-state index in [0.717, 1.165) is 36.6 Å². The highest BCUT2D eigenvalue weighted by Crippen LogP contribution is 2.40. The second-order valence-electron chi connectivity index (χ2n) is 15.5. The molecule has 2 amide bonds. The fraction of sp³-hybridized carbons (Fsp3) is 0.286. The molecule has 0 radical (unpaired) electrons. The van der Waals surface area contributed by atoms with Crippen LogP contribution in [-0.4, -0.2) is 27.7 Å². The minimum absolute atomic E-state index is 0.106. The van der Waals surface area contributed by atoms with Gasteiger partial charge in [-0.05, 0) is 86.0 Å². The number of ether oxygens (including phenoxy) is 1. The lowest BCUT2D eigenvalue weighted by atomic mass is 10.0. The Kier molecular flexibility index (Phi) is 18.9. The number of para-hydroxylation sites is 2. The first-order chi connectivity index (χ1) is 31.3. The Labute approximate surface area is 413 Å². The third kappa shape index (κ3) is 13.7. The molecule has 1 atom stereocenters. The standard InChI is InChI=1S/C49H49Cl6N5O4S/c1-3-4-5-6-7-8-9-10-11-12-23-41(64-40-22-15-13-18-30(40)2)47(61)58-38-21-14-16-24-42(38)65-45-46(59-60(49(45)63)44-36(54)27-31(50)28-37(44)55)57-39-29-32(25-26-33(39)51)56-48(62)43-34(52)19-17-20-35(43)53/h13-22,24-29,41,57,59H,3-12,23H2,1-2H3,(H,56,62)(H,58,61). The molecule has 6 aromatic rings. The molecule has 6 rings (SSSR count). The zero-order valence-corrected chi connectivity index (χ0v) is 41.2. The van der Waals surface area contributed by atoms with E-state index in [1.165, 1.54) is 61.8 Å². The largest absolute Gasteiger partial charge is 0.480 e. The van der Waals surface area contributed by atoms with E-state index in [4.69, 9.17) is 74.3 Å². The van der Waals surface area contributed by atoms with E-state index in [1.54, 1.807) is 54.6 Å². The average molecular weight is 1020 g/mol. The quantitative estimate of drug-likeness (QED) is 0.0503. The van der Waals surface area contributed by atoms with Gasteiger partial charge in [0.2, 0.25) is 0 Å². The summed E-state index contributed by atoms with van der Waals surface area (Å²) < 4.78 is 7.61. The Morgan fingerprint density at radius 2 is 1.32 bits per heavy atom. The highest BCUT2D eigenvalue weighted by Gasteiger charge is 2.26. The number of H-pyrrole nitrogens is 1. The van der Waals surface area contributed by atoms with Gasteiger partial charge in [-0.2, -0.15) is 0 Å². The second kappa shape index (κ2) is 24.5. The molecule has 0 aliphatic rings. The van der Waals surface area contributed by atoms with Crippen molar-refractivity contribution in [3.8, 4) is 11.4 Å². The third-order valence-electron chi connectivity index (χ3n) is 10.6. The van der Waals surface area contributed by atoms with Crippen molar-refractivity contribution in [1.82, 2.24) is 9.78 Å². The van der Waals surface area contributed by atoms with Crippen LogP contribution in [0, 0.1) is 6.92 Å². The number of hydrogen-bond acceptors (Lipinski definition) is 6. The molecule has 4 N–H and O–H groups in total. The number of amides is 2. The Morgan fingerprint density at radius 1 is 0.692 bits per heavy atom.